The Balaban J connectivity index is 1.77. The van der Waals surface area contributed by atoms with Crippen LogP contribution in [-0.2, 0) is 4.79 Å². The van der Waals surface area contributed by atoms with Gasteiger partial charge in [0, 0.05) is 13.1 Å². The van der Waals surface area contributed by atoms with E-state index in [0.29, 0.717) is 18.9 Å². The normalized spacial score (nSPS) is 19.3. The lowest BCUT2D eigenvalue weighted by Gasteiger charge is -2.16. The first-order valence-corrected chi connectivity index (χ1v) is 6.41. The average Bonchev–Trinajstić information content (AvgIpc) is 2.88. The van der Waals surface area contributed by atoms with Crippen LogP contribution >= 0.6 is 0 Å². The number of carboxylic acid groups (broad SMARTS) is 1. The fraction of sp³-hybridized carbons (Fsp3) is 0.500. The van der Waals surface area contributed by atoms with Gasteiger partial charge in [0.25, 0.3) is 0 Å². The second-order valence-electron chi connectivity index (χ2n) is 4.62. The fourth-order valence-electron chi connectivity index (χ4n) is 2.26. The van der Waals surface area contributed by atoms with Gasteiger partial charge in [-0.3, -0.25) is 9.69 Å². The molecule has 1 aromatic carbocycles. The summed E-state index contributed by atoms with van der Waals surface area (Å²) < 4.78 is 10.9. The molecule has 0 amide bonds. The summed E-state index contributed by atoms with van der Waals surface area (Å²) in [6.45, 7) is 2.71. The van der Waals surface area contributed by atoms with E-state index in [4.69, 9.17) is 14.6 Å². The minimum atomic E-state index is -0.701. The summed E-state index contributed by atoms with van der Waals surface area (Å²) in [5, 5.41) is 8.93. The van der Waals surface area contributed by atoms with Crippen LogP contribution in [0.25, 0.3) is 0 Å². The molecule has 0 radical (unpaired) electrons. The summed E-state index contributed by atoms with van der Waals surface area (Å²) in [4.78, 5) is 13.0. The first kappa shape index (κ1) is 13.7. The van der Waals surface area contributed by atoms with Gasteiger partial charge in [-0.25, -0.2) is 0 Å². The minimum Gasteiger partial charge on any atom is -0.493 e. The van der Waals surface area contributed by atoms with Gasteiger partial charge in [-0.2, -0.15) is 0 Å². The number of carboxylic acids is 1. The third-order valence-electron chi connectivity index (χ3n) is 3.36. The van der Waals surface area contributed by atoms with Gasteiger partial charge in [-0.1, -0.05) is 12.1 Å². The molecule has 0 aromatic heterocycles. The van der Waals surface area contributed by atoms with Crippen molar-refractivity contribution in [1.82, 2.24) is 4.90 Å². The van der Waals surface area contributed by atoms with Crippen LogP contribution in [0.2, 0.25) is 0 Å². The lowest BCUT2D eigenvalue weighted by atomic mass is 10.1. The van der Waals surface area contributed by atoms with Crippen LogP contribution in [0, 0.1) is 5.92 Å². The summed E-state index contributed by atoms with van der Waals surface area (Å²) in [5.41, 5.74) is 0. The van der Waals surface area contributed by atoms with Gasteiger partial charge < -0.3 is 14.6 Å². The molecule has 1 aliphatic heterocycles. The number of nitrogens with zero attached hydrogens (tertiary/aromatic N) is 1. The smallest absolute Gasteiger partial charge is 0.307 e. The summed E-state index contributed by atoms with van der Waals surface area (Å²) in [6, 6.07) is 7.51. The Morgan fingerprint density at radius 3 is 2.79 bits per heavy atom. The number of methoxy groups -OCH3 is 1. The van der Waals surface area contributed by atoms with Crippen LogP contribution < -0.4 is 9.47 Å². The van der Waals surface area contributed by atoms with Crippen molar-refractivity contribution in [3.63, 3.8) is 0 Å². The Bertz CT molecular complexity index is 435. The predicted octanol–water partition coefficient (Wildman–Crippen LogP) is 1.48. The Morgan fingerprint density at radius 1 is 1.42 bits per heavy atom. The number of para-hydroxylation sites is 2. The van der Waals surface area contributed by atoms with Crippen molar-refractivity contribution in [2.24, 2.45) is 5.92 Å². The highest BCUT2D eigenvalue weighted by Gasteiger charge is 2.27. The summed E-state index contributed by atoms with van der Waals surface area (Å²) in [5.74, 6) is 0.505. The van der Waals surface area contributed by atoms with E-state index in [1.807, 2.05) is 24.3 Å². The zero-order valence-electron chi connectivity index (χ0n) is 11.0. The molecule has 0 unspecified atom stereocenters. The van der Waals surface area contributed by atoms with Gasteiger partial charge in [0.05, 0.1) is 13.0 Å². The van der Waals surface area contributed by atoms with Crippen molar-refractivity contribution in [3.8, 4) is 11.5 Å². The zero-order valence-corrected chi connectivity index (χ0v) is 11.0. The van der Waals surface area contributed by atoms with Crippen LogP contribution in [0.15, 0.2) is 24.3 Å². The van der Waals surface area contributed by atoms with E-state index in [1.165, 1.54) is 0 Å². The first-order chi connectivity index (χ1) is 9.20. The van der Waals surface area contributed by atoms with E-state index in [1.54, 1.807) is 7.11 Å². The molecular formula is C14H19NO4. The molecule has 1 aliphatic rings. The molecule has 1 heterocycles. The topological polar surface area (TPSA) is 59.0 Å². The molecule has 0 saturated carbocycles. The van der Waals surface area contributed by atoms with E-state index >= 15 is 0 Å². The van der Waals surface area contributed by atoms with Gasteiger partial charge in [-0.05, 0) is 25.1 Å². The number of carbonyl (C=O) groups is 1. The molecule has 0 spiro atoms. The molecule has 104 valence electrons. The highest BCUT2D eigenvalue weighted by atomic mass is 16.5. The maximum atomic E-state index is 10.9. The van der Waals surface area contributed by atoms with E-state index in [-0.39, 0.29) is 5.92 Å². The van der Waals surface area contributed by atoms with Crippen molar-refractivity contribution in [3.05, 3.63) is 24.3 Å². The SMILES string of the molecule is COc1ccccc1OCCN1CC[C@H](C(=O)O)C1. The maximum Gasteiger partial charge on any atom is 0.307 e. The van der Waals surface area contributed by atoms with Crippen LogP contribution in [0.4, 0.5) is 0 Å². The predicted molar refractivity (Wildman–Crippen MR) is 70.7 cm³/mol. The largest absolute Gasteiger partial charge is 0.493 e. The van der Waals surface area contributed by atoms with Crippen molar-refractivity contribution >= 4 is 5.97 Å². The van der Waals surface area contributed by atoms with Gasteiger partial charge in [0.1, 0.15) is 6.61 Å². The Hall–Kier alpha value is -1.75. The first-order valence-electron chi connectivity index (χ1n) is 6.41. The Kier molecular flexibility index (Phi) is 4.63. The highest BCUT2D eigenvalue weighted by molar-refractivity contribution is 5.70. The molecule has 1 fully saturated rings. The average molecular weight is 265 g/mol. The highest BCUT2D eigenvalue weighted by Crippen LogP contribution is 2.25. The molecule has 0 aliphatic carbocycles. The van der Waals surface area contributed by atoms with Gasteiger partial charge in [-0.15, -0.1) is 0 Å². The summed E-state index contributed by atoms with van der Waals surface area (Å²) in [6.07, 6.45) is 0.726. The number of benzene rings is 1. The molecule has 0 bridgehead atoms. The molecule has 1 saturated heterocycles. The molecule has 5 nitrogen and oxygen atoms in total. The molecule has 1 aromatic rings. The minimum absolute atomic E-state index is 0.230. The van der Waals surface area contributed by atoms with Gasteiger partial charge >= 0.3 is 5.97 Å². The number of rotatable bonds is 6. The standard InChI is InChI=1S/C14H19NO4/c1-18-12-4-2-3-5-13(12)19-9-8-15-7-6-11(10-15)14(16)17/h2-5,11H,6-10H2,1H3,(H,16,17)/t11-/m0/s1. The fourth-order valence-corrected chi connectivity index (χ4v) is 2.26. The third-order valence-corrected chi connectivity index (χ3v) is 3.36. The van der Waals surface area contributed by atoms with E-state index in [0.717, 1.165) is 25.3 Å². The van der Waals surface area contributed by atoms with E-state index in [9.17, 15) is 4.79 Å². The lowest BCUT2D eigenvalue weighted by molar-refractivity contribution is -0.141. The van der Waals surface area contributed by atoms with Crippen LogP contribution in [-0.4, -0.2) is 49.3 Å². The molecule has 2 rings (SSSR count). The molecule has 1 N–H and O–H groups in total. The Labute approximate surface area is 112 Å². The van der Waals surface area contributed by atoms with Gasteiger partial charge in [0.15, 0.2) is 11.5 Å². The number of aliphatic carboxylic acids is 1. The summed E-state index contributed by atoms with van der Waals surface area (Å²) >= 11 is 0. The quantitative estimate of drug-likeness (QED) is 0.844. The molecule has 1 atom stereocenters. The monoisotopic (exact) mass is 265 g/mol. The molecule has 19 heavy (non-hydrogen) atoms. The number of hydrogen-bond acceptors (Lipinski definition) is 4. The van der Waals surface area contributed by atoms with Crippen LogP contribution in [0.5, 0.6) is 11.5 Å². The van der Waals surface area contributed by atoms with Crippen LogP contribution in [0.3, 0.4) is 0 Å². The third kappa shape index (κ3) is 3.61. The summed E-state index contributed by atoms with van der Waals surface area (Å²) in [7, 11) is 1.61. The van der Waals surface area contributed by atoms with Crippen molar-refractivity contribution < 1.29 is 19.4 Å². The Morgan fingerprint density at radius 2 is 2.16 bits per heavy atom. The number of hydrogen-bond donors (Lipinski definition) is 1. The molecule has 5 heteroatoms. The van der Waals surface area contributed by atoms with Crippen molar-refractivity contribution in [2.75, 3.05) is 33.4 Å². The van der Waals surface area contributed by atoms with Crippen molar-refractivity contribution in [1.29, 1.82) is 0 Å². The van der Waals surface area contributed by atoms with Crippen LogP contribution in [0.1, 0.15) is 6.42 Å². The zero-order chi connectivity index (χ0) is 13.7. The van der Waals surface area contributed by atoms with E-state index < -0.39 is 5.97 Å². The molecular weight excluding hydrogens is 246 g/mol. The second-order valence-corrected chi connectivity index (χ2v) is 4.62. The lowest BCUT2D eigenvalue weighted by Crippen LogP contribution is -2.27. The second kappa shape index (κ2) is 6.43. The number of ether oxygens (including phenoxy) is 2. The number of likely N-dealkylation sites (tertiary alicyclic amines) is 1. The van der Waals surface area contributed by atoms with Crippen molar-refractivity contribution in [2.45, 2.75) is 6.42 Å². The van der Waals surface area contributed by atoms with Gasteiger partial charge in [0.2, 0.25) is 0 Å². The van der Waals surface area contributed by atoms with E-state index in [2.05, 4.69) is 4.90 Å². The maximum absolute atomic E-state index is 10.9.